The number of aromatic nitrogens is 2. The van der Waals surface area contributed by atoms with Crippen LogP contribution in [0.15, 0.2) is 60.2 Å². The predicted molar refractivity (Wildman–Crippen MR) is 103 cm³/mol. The van der Waals surface area contributed by atoms with E-state index in [2.05, 4.69) is 15.3 Å². The molecule has 2 aromatic heterocycles. The molecule has 1 atom stereocenters. The first-order chi connectivity index (χ1) is 12.7. The molecule has 0 saturated carbocycles. The van der Waals surface area contributed by atoms with Gasteiger partial charge >= 0.3 is 6.03 Å². The fraction of sp³-hybridized carbons (Fsp3) is 0.211. The van der Waals surface area contributed by atoms with Crippen molar-refractivity contribution in [3.63, 3.8) is 0 Å². The van der Waals surface area contributed by atoms with Gasteiger partial charge in [0.2, 0.25) is 0 Å². The average molecular weight is 368 g/mol. The number of aliphatic hydroxyl groups is 1. The molecule has 6 nitrogen and oxygen atoms in total. The van der Waals surface area contributed by atoms with Gasteiger partial charge in [0.1, 0.15) is 0 Å². The van der Waals surface area contributed by atoms with Crippen LogP contribution in [0.5, 0.6) is 0 Å². The quantitative estimate of drug-likeness (QED) is 0.694. The maximum atomic E-state index is 12.6. The van der Waals surface area contributed by atoms with Crippen LogP contribution in [0.4, 0.5) is 9.93 Å². The highest BCUT2D eigenvalue weighted by Crippen LogP contribution is 2.26. The minimum absolute atomic E-state index is 0.000408. The molecule has 0 aliphatic carbocycles. The number of hydrogen-bond acceptors (Lipinski definition) is 5. The highest BCUT2D eigenvalue weighted by molar-refractivity contribution is 7.14. The van der Waals surface area contributed by atoms with Crippen molar-refractivity contribution in [1.82, 2.24) is 14.9 Å². The van der Waals surface area contributed by atoms with Gasteiger partial charge in [-0.15, -0.1) is 11.3 Å². The Kier molecular flexibility index (Phi) is 5.93. The molecule has 0 bridgehead atoms. The number of thiazole rings is 1. The van der Waals surface area contributed by atoms with Crippen LogP contribution in [-0.4, -0.2) is 39.7 Å². The van der Waals surface area contributed by atoms with Crippen molar-refractivity contribution >= 4 is 22.5 Å². The van der Waals surface area contributed by atoms with Crippen LogP contribution in [0.1, 0.15) is 18.0 Å². The summed E-state index contributed by atoms with van der Waals surface area (Å²) in [5, 5.41) is 14.6. The van der Waals surface area contributed by atoms with E-state index >= 15 is 0 Å². The molecule has 0 unspecified atom stereocenters. The van der Waals surface area contributed by atoms with Crippen LogP contribution in [0.3, 0.4) is 0 Å². The number of carbonyl (C=O) groups excluding carboxylic acids is 1. The molecule has 3 aromatic rings. The number of rotatable bonds is 6. The van der Waals surface area contributed by atoms with Crippen LogP contribution in [-0.2, 0) is 0 Å². The van der Waals surface area contributed by atoms with Crippen molar-refractivity contribution in [2.24, 2.45) is 0 Å². The number of pyridine rings is 1. The predicted octanol–water partition coefficient (Wildman–Crippen LogP) is 3.79. The minimum Gasteiger partial charge on any atom is -0.396 e. The summed E-state index contributed by atoms with van der Waals surface area (Å²) in [6, 6.07) is 13.0. The monoisotopic (exact) mass is 368 g/mol. The molecular formula is C19H20N4O2S. The van der Waals surface area contributed by atoms with E-state index in [1.165, 1.54) is 11.3 Å². The van der Waals surface area contributed by atoms with E-state index in [-0.39, 0.29) is 18.7 Å². The zero-order valence-electron chi connectivity index (χ0n) is 14.4. The molecule has 0 aliphatic heterocycles. The van der Waals surface area contributed by atoms with Gasteiger partial charge in [-0.05, 0) is 24.1 Å². The number of nitrogens with one attached hydrogen (secondary N) is 1. The van der Waals surface area contributed by atoms with Crippen LogP contribution in [0.2, 0.25) is 0 Å². The Hall–Kier alpha value is -2.77. The summed E-state index contributed by atoms with van der Waals surface area (Å²) in [5.74, 6) is 0. The lowest BCUT2D eigenvalue weighted by Crippen LogP contribution is -2.35. The number of benzene rings is 1. The van der Waals surface area contributed by atoms with Crippen LogP contribution in [0, 0.1) is 0 Å². The van der Waals surface area contributed by atoms with Crippen molar-refractivity contribution in [3.05, 3.63) is 65.8 Å². The van der Waals surface area contributed by atoms with Crippen molar-refractivity contribution < 1.29 is 9.90 Å². The standard InChI is InChI=1S/C19H20N4O2S/c1-23(17(9-11-24)14-6-3-2-4-7-14)19(25)22-18-21-16(13-26-18)15-8-5-10-20-12-15/h2-8,10,12-13,17,24H,9,11H2,1H3,(H,21,22,25)/t17-/m1/s1. The second-order valence-electron chi connectivity index (χ2n) is 5.76. The van der Waals surface area contributed by atoms with Gasteiger partial charge in [-0.3, -0.25) is 10.3 Å². The number of anilines is 1. The van der Waals surface area contributed by atoms with Crippen LogP contribution in [0.25, 0.3) is 11.3 Å². The van der Waals surface area contributed by atoms with Gasteiger partial charge in [-0.2, -0.15) is 0 Å². The number of carbonyl (C=O) groups is 1. The normalized spacial score (nSPS) is 11.8. The Morgan fingerprint density at radius 2 is 2.08 bits per heavy atom. The second kappa shape index (κ2) is 8.55. The third kappa shape index (κ3) is 4.25. The van der Waals surface area contributed by atoms with Crippen molar-refractivity contribution in [2.45, 2.75) is 12.5 Å². The van der Waals surface area contributed by atoms with Crippen molar-refractivity contribution in [3.8, 4) is 11.3 Å². The summed E-state index contributed by atoms with van der Waals surface area (Å²) < 4.78 is 0. The first-order valence-electron chi connectivity index (χ1n) is 8.24. The highest BCUT2D eigenvalue weighted by atomic mass is 32.1. The third-order valence-electron chi connectivity index (χ3n) is 4.05. The highest BCUT2D eigenvalue weighted by Gasteiger charge is 2.22. The summed E-state index contributed by atoms with van der Waals surface area (Å²) >= 11 is 1.36. The largest absolute Gasteiger partial charge is 0.396 e. The Morgan fingerprint density at radius 1 is 1.27 bits per heavy atom. The van der Waals surface area contributed by atoms with Gasteiger partial charge in [-0.25, -0.2) is 9.78 Å². The number of hydrogen-bond donors (Lipinski definition) is 2. The molecule has 1 aromatic carbocycles. The van der Waals surface area contributed by atoms with E-state index < -0.39 is 0 Å². The molecule has 0 radical (unpaired) electrons. The molecule has 0 fully saturated rings. The minimum atomic E-state index is -0.264. The summed E-state index contributed by atoms with van der Waals surface area (Å²) in [7, 11) is 1.72. The molecule has 134 valence electrons. The number of amides is 2. The Balaban J connectivity index is 1.71. The van der Waals surface area contributed by atoms with E-state index in [0.29, 0.717) is 11.6 Å². The SMILES string of the molecule is CN(C(=O)Nc1nc(-c2cccnc2)cs1)[C@H](CCO)c1ccccc1. The molecule has 26 heavy (non-hydrogen) atoms. The van der Waals surface area contributed by atoms with E-state index in [1.807, 2.05) is 47.8 Å². The van der Waals surface area contributed by atoms with Gasteiger partial charge in [-0.1, -0.05) is 30.3 Å². The lowest BCUT2D eigenvalue weighted by molar-refractivity contribution is 0.184. The lowest BCUT2D eigenvalue weighted by Gasteiger charge is -2.28. The Labute approximate surface area is 156 Å². The number of nitrogens with zero attached hydrogens (tertiary/aromatic N) is 3. The summed E-state index contributed by atoms with van der Waals surface area (Å²) in [6.45, 7) is -0.000408. The van der Waals surface area contributed by atoms with E-state index in [0.717, 1.165) is 16.8 Å². The number of aliphatic hydroxyl groups excluding tert-OH is 1. The van der Waals surface area contributed by atoms with E-state index in [9.17, 15) is 9.90 Å². The molecule has 2 heterocycles. The molecule has 2 N–H and O–H groups in total. The average Bonchev–Trinajstić information content (AvgIpc) is 3.15. The first kappa shape index (κ1) is 18.0. The third-order valence-corrected chi connectivity index (χ3v) is 4.81. The van der Waals surface area contributed by atoms with E-state index in [4.69, 9.17) is 0 Å². The van der Waals surface area contributed by atoms with Crippen LogP contribution >= 0.6 is 11.3 Å². The molecule has 0 spiro atoms. The summed E-state index contributed by atoms with van der Waals surface area (Å²) in [4.78, 5) is 22.8. The fourth-order valence-corrected chi connectivity index (χ4v) is 3.39. The molecular weight excluding hydrogens is 348 g/mol. The van der Waals surface area contributed by atoms with Gasteiger partial charge in [0, 0.05) is 37.0 Å². The Bertz CT molecular complexity index is 839. The van der Waals surface area contributed by atoms with Crippen molar-refractivity contribution in [2.75, 3.05) is 19.0 Å². The maximum absolute atomic E-state index is 12.6. The number of urea groups is 1. The molecule has 0 aliphatic rings. The van der Waals surface area contributed by atoms with Gasteiger partial charge in [0.15, 0.2) is 5.13 Å². The van der Waals surface area contributed by atoms with Gasteiger partial charge < -0.3 is 10.0 Å². The Morgan fingerprint density at radius 3 is 2.77 bits per heavy atom. The molecule has 0 saturated heterocycles. The maximum Gasteiger partial charge on any atom is 0.323 e. The zero-order chi connectivity index (χ0) is 18.4. The summed E-state index contributed by atoms with van der Waals surface area (Å²) in [6.07, 6.45) is 3.91. The van der Waals surface area contributed by atoms with Crippen molar-refractivity contribution in [1.29, 1.82) is 0 Å². The fourth-order valence-electron chi connectivity index (χ4n) is 2.68. The molecule has 3 rings (SSSR count). The van der Waals surface area contributed by atoms with E-state index in [1.54, 1.807) is 24.3 Å². The second-order valence-corrected chi connectivity index (χ2v) is 6.62. The molecule has 2 amide bonds. The van der Waals surface area contributed by atoms with Crippen LogP contribution < -0.4 is 5.32 Å². The van der Waals surface area contributed by atoms with Gasteiger partial charge in [0.25, 0.3) is 0 Å². The summed E-state index contributed by atoms with van der Waals surface area (Å²) in [5.41, 5.74) is 2.66. The molecule has 7 heteroatoms. The first-order valence-corrected chi connectivity index (χ1v) is 9.12. The smallest absolute Gasteiger partial charge is 0.323 e. The van der Waals surface area contributed by atoms with Gasteiger partial charge in [0.05, 0.1) is 11.7 Å². The topological polar surface area (TPSA) is 78.4 Å². The lowest BCUT2D eigenvalue weighted by atomic mass is 10.0. The zero-order valence-corrected chi connectivity index (χ0v) is 15.2.